The largest absolute Gasteiger partial charge is 0.507 e. The summed E-state index contributed by atoms with van der Waals surface area (Å²) >= 11 is 0. The van der Waals surface area contributed by atoms with E-state index in [0.29, 0.717) is 33.6 Å². The molecule has 2 rings (SSSR count). The fourth-order valence-corrected chi connectivity index (χ4v) is 4.43. The van der Waals surface area contributed by atoms with E-state index >= 15 is 0 Å². The van der Waals surface area contributed by atoms with E-state index in [-0.39, 0.29) is 11.5 Å². The highest BCUT2D eigenvalue weighted by Crippen LogP contribution is 2.46. The van der Waals surface area contributed by atoms with Gasteiger partial charge in [0, 0.05) is 33.6 Å². The molecule has 0 heterocycles. The van der Waals surface area contributed by atoms with Gasteiger partial charge in [-0.2, -0.15) is 0 Å². The van der Waals surface area contributed by atoms with Crippen LogP contribution in [0.4, 0.5) is 11.4 Å². The Balaban J connectivity index is 3.07. The molecule has 3 N–H and O–H groups in total. The second-order valence-electron chi connectivity index (χ2n) is 14.1. The molecule has 204 valence electrons. The SMILES string of the molecule is CC(C)(C)c1cc(N(C(=O)CC(=O)O)c2cc(C(C)(C)C)c(O)c(C(C)(C)C)c2)cc(C(C)(C)C)c1O. The van der Waals surface area contributed by atoms with Gasteiger partial charge in [-0.15, -0.1) is 0 Å². The average Bonchev–Trinajstić information content (AvgIpc) is 2.66. The molecule has 0 aromatic heterocycles. The zero-order valence-corrected chi connectivity index (χ0v) is 24.6. The van der Waals surface area contributed by atoms with Crippen LogP contribution >= 0.6 is 0 Å². The highest BCUT2D eigenvalue weighted by atomic mass is 16.4. The van der Waals surface area contributed by atoms with Gasteiger partial charge in [0.05, 0.1) is 0 Å². The number of aromatic hydroxyl groups is 2. The molecule has 0 aliphatic heterocycles. The monoisotopic (exact) mass is 511 g/mol. The van der Waals surface area contributed by atoms with Crippen LogP contribution < -0.4 is 4.90 Å². The summed E-state index contributed by atoms with van der Waals surface area (Å²) in [6.45, 7) is 23.8. The van der Waals surface area contributed by atoms with Crippen molar-refractivity contribution >= 4 is 23.3 Å². The number of phenols is 2. The number of carboxylic acids is 1. The zero-order valence-electron chi connectivity index (χ0n) is 24.6. The van der Waals surface area contributed by atoms with E-state index in [1.807, 2.05) is 83.1 Å². The maximum atomic E-state index is 13.6. The lowest BCUT2D eigenvalue weighted by Gasteiger charge is -2.33. The minimum Gasteiger partial charge on any atom is -0.507 e. The van der Waals surface area contributed by atoms with Crippen LogP contribution in [0.3, 0.4) is 0 Å². The summed E-state index contributed by atoms with van der Waals surface area (Å²) in [4.78, 5) is 26.7. The van der Waals surface area contributed by atoms with Crippen LogP contribution in [-0.2, 0) is 31.2 Å². The van der Waals surface area contributed by atoms with Gasteiger partial charge >= 0.3 is 5.97 Å². The molecule has 2 aromatic rings. The molecule has 6 nitrogen and oxygen atoms in total. The number of benzene rings is 2. The minimum atomic E-state index is -1.23. The van der Waals surface area contributed by atoms with E-state index in [1.54, 1.807) is 24.3 Å². The topological polar surface area (TPSA) is 98.1 Å². The third kappa shape index (κ3) is 6.65. The fraction of sp³-hybridized carbons (Fsp3) is 0.548. The Morgan fingerprint density at radius 1 is 0.595 bits per heavy atom. The number of carboxylic acid groups (broad SMARTS) is 1. The maximum absolute atomic E-state index is 13.6. The molecule has 0 aliphatic carbocycles. The van der Waals surface area contributed by atoms with E-state index in [9.17, 15) is 24.9 Å². The van der Waals surface area contributed by atoms with Gasteiger partial charge in [-0.3, -0.25) is 14.5 Å². The van der Waals surface area contributed by atoms with E-state index in [4.69, 9.17) is 0 Å². The van der Waals surface area contributed by atoms with Crippen molar-refractivity contribution in [1.29, 1.82) is 0 Å². The van der Waals surface area contributed by atoms with Gasteiger partial charge in [0.1, 0.15) is 17.9 Å². The van der Waals surface area contributed by atoms with Crippen LogP contribution in [0.25, 0.3) is 0 Å². The molecule has 0 saturated heterocycles. The van der Waals surface area contributed by atoms with Gasteiger partial charge in [-0.25, -0.2) is 0 Å². The summed E-state index contributed by atoms with van der Waals surface area (Å²) in [5.74, 6) is -1.49. The van der Waals surface area contributed by atoms with Crippen molar-refractivity contribution in [3.05, 3.63) is 46.5 Å². The molecule has 0 bridgehead atoms. The number of hydrogen-bond donors (Lipinski definition) is 3. The van der Waals surface area contributed by atoms with Gasteiger partial charge in [0.25, 0.3) is 0 Å². The number of carbonyl (C=O) groups excluding carboxylic acids is 1. The highest BCUT2D eigenvalue weighted by Gasteiger charge is 2.33. The molecule has 1 amide bonds. The Morgan fingerprint density at radius 2 is 0.838 bits per heavy atom. The molecular weight excluding hydrogens is 466 g/mol. The van der Waals surface area contributed by atoms with Crippen LogP contribution in [0.2, 0.25) is 0 Å². The van der Waals surface area contributed by atoms with Gasteiger partial charge in [-0.1, -0.05) is 83.1 Å². The smallest absolute Gasteiger partial charge is 0.312 e. The first kappa shape index (κ1) is 30.2. The predicted molar refractivity (Wildman–Crippen MR) is 150 cm³/mol. The molecule has 0 aliphatic rings. The maximum Gasteiger partial charge on any atom is 0.312 e. The van der Waals surface area contributed by atoms with Crippen LogP contribution in [0.5, 0.6) is 11.5 Å². The van der Waals surface area contributed by atoms with Crippen LogP contribution in [0, 0.1) is 0 Å². The summed E-state index contributed by atoms with van der Waals surface area (Å²) in [6, 6.07) is 7.07. The molecule has 0 spiro atoms. The molecular formula is C31H45NO5. The normalized spacial score (nSPS) is 13.0. The van der Waals surface area contributed by atoms with Crippen molar-refractivity contribution in [1.82, 2.24) is 0 Å². The summed E-state index contributed by atoms with van der Waals surface area (Å²) in [5.41, 5.74) is 1.83. The first-order valence-corrected chi connectivity index (χ1v) is 12.8. The Hall–Kier alpha value is -3.02. The molecule has 0 atom stereocenters. The molecule has 0 unspecified atom stereocenters. The summed E-state index contributed by atoms with van der Waals surface area (Å²) in [7, 11) is 0. The standard InChI is InChI=1S/C31H45NO5/c1-28(2,3)20-13-18(14-21(26(20)36)29(4,5)6)32(24(33)17-25(34)35)19-15-22(30(7,8)9)27(37)23(16-19)31(10,11)12/h13-16,36-37H,17H2,1-12H3,(H,34,35). The second kappa shape index (κ2) is 9.70. The number of aliphatic carboxylic acids is 1. The fourth-order valence-electron chi connectivity index (χ4n) is 4.43. The lowest BCUT2D eigenvalue weighted by molar-refractivity contribution is -0.139. The number of nitrogens with zero attached hydrogens (tertiary/aromatic N) is 1. The quantitative estimate of drug-likeness (QED) is 0.371. The second-order valence-corrected chi connectivity index (χ2v) is 14.1. The summed E-state index contributed by atoms with van der Waals surface area (Å²) in [6.07, 6.45) is -0.701. The summed E-state index contributed by atoms with van der Waals surface area (Å²) < 4.78 is 0. The van der Waals surface area contributed by atoms with Crippen molar-refractivity contribution in [3.63, 3.8) is 0 Å². The number of amides is 1. The first-order valence-electron chi connectivity index (χ1n) is 12.8. The third-order valence-electron chi connectivity index (χ3n) is 6.49. The number of carbonyl (C=O) groups is 2. The Kier molecular flexibility index (Phi) is 7.92. The Bertz CT molecular complexity index is 1050. The van der Waals surface area contributed by atoms with Crippen molar-refractivity contribution in [2.45, 2.75) is 111 Å². The summed E-state index contributed by atoms with van der Waals surface area (Å²) in [5, 5.41) is 32.0. The minimum absolute atomic E-state index is 0.172. The number of hydrogen-bond acceptors (Lipinski definition) is 4. The molecule has 6 heteroatoms. The molecule has 2 aromatic carbocycles. The molecule has 0 fully saturated rings. The highest BCUT2D eigenvalue weighted by molar-refractivity contribution is 6.08. The van der Waals surface area contributed by atoms with Crippen LogP contribution in [0.15, 0.2) is 24.3 Å². The lowest BCUT2D eigenvalue weighted by atomic mass is 9.78. The van der Waals surface area contributed by atoms with E-state index < -0.39 is 40.0 Å². The Labute approximate surface area is 222 Å². The molecule has 0 saturated carbocycles. The van der Waals surface area contributed by atoms with Crippen molar-refractivity contribution in [2.75, 3.05) is 4.90 Å². The van der Waals surface area contributed by atoms with Gasteiger partial charge in [0.2, 0.25) is 5.91 Å². The lowest BCUT2D eigenvalue weighted by Crippen LogP contribution is -2.30. The van der Waals surface area contributed by atoms with Crippen molar-refractivity contribution in [3.8, 4) is 11.5 Å². The van der Waals surface area contributed by atoms with E-state index in [1.165, 1.54) is 4.90 Å². The van der Waals surface area contributed by atoms with Crippen molar-refractivity contribution in [2.24, 2.45) is 0 Å². The van der Waals surface area contributed by atoms with Gasteiger partial charge in [0.15, 0.2) is 0 Å². The number of anilines is 2. The average molecular weight is 512 g/mol. The van der Waals surface area contributed by atoms with Crippen LogP contribution in [0.1, 0.15) is 112 Å². The number of rotatable bonds is 4. The first-order chi connectivity index (χ1) is 16.5. The van der Waals surface area contributed by atoms with E-state index in [0.717, 1.165) is 0 Å². The van der Waals surface area contributed by atoms with Crippen molar-refractivity contribution < 1.29 is 24.9 Å². The molecule has 37 heavy (non-hydrogen) atoms. The predicted octanol–water partition coefficient (Wildman–Crippen LogP) is 7.43. The van der Waals surface area contributed by atoms with Gasteiger partial charge in [-0.05, 0) is 45.9 Å². The zero-order chi connectivity index (χ0) is 28.9. The van der Waals surface area contributed by atoms with Gasteiger partial charge < -0.3 is 15.3 Å². The molecule has 0 radical (unpaired) electrons. The van der Waals surface area contributed by atoms with Crippen LogP contribution in [-0.4, -0.2) is 27.2 Å². The number of phenolic OH excluding ortho intramolecular Hbond substituents is 2. The third-order valence-corrected chi connectivity index (χ3v) is 6.49. The van der Waals surface area contributed by atoms with E-state index in [2.05, 4.69) is 0 Å². The Morgan fingerprint density at radius 3 is 1.03 bits per heavy atom.